The number of rotatable bonds is 5. The van der Waals surface area contributed by atoms with E-state index in [0.717, 1.165) is 15.8 Å². The summed E-state index contributed by atoms with van der Waals surface area (Å²) in [6.45, 7) is 2.66. The maximum atomic E-state index is 12.4. The number of ketones is 1. The fourth-order valence-corrected chi connectivity index (χ4v) is 2.60. The third-order valence-electron chi connectivity index (χ3n) is 2.39. The molecule has 0 aliphatic heterocycles. The zero-order valence-corrected chi connectivity index (χ0v) is 12.4. The summed E-state index contributed by atoms with van der Waals surface area (Å²) < 4.78 is 6.50. The summed E-state index contributed by atoms with van der Waals surface area (Å²) >= 11 is 4.84. The van der Waals surface area contributed by atoms with E-state index >= 15 is 0 Å². The molecule has 0 saturated heterocycles. The lowest BCUT2D eigenvalue weighted by molar-refractivity contribution is 0.103. The maximum absolute atomic E-state index is 12.4. The first kappa shape index (κ1) is 13.3. The Morgan fingerprint density at radius 1 is 1.39 bits per heavy atom. The van der Waals surface area contributed by atoms with Crippen LogP contribution in [0.5, 0.6) is 5.75 Å². The van der Waals surface area contributed by atoms with Gasteiger partial charge in [0.1, 0.15) is 5.75 Å². The van der Waals surface area contributed by atoms with Crippen LogP contribution in [0.1, 0.15) is 28.6 Å². The lowest BCUT2D eigenvalue weighted by atomic mass is 10.1. The first-order valence-corrected chi connectivity index (χ1v) is 7.40. The molecule has 94 valence electrons. The number of halogens is 1. The van der Waals surface area contributed by atoms with E-state index in [9.17, 15) is 4.79 Å². The molecule has 0 spiro atoms. The van der Waals surface area contributed by atoms with Crippen LogP contribution in [0.2, 0.25) is 0 Å². The smallest absolute Gasteiger partial charge is 0.206 e. The second-order valence-corrected chi connectivity index (χ2v) is 5.66. The van der Waals surface area contributed by atoms with Crippen molar-refractivity contribution >= 4 is 33.0 Å². The average molecular weight is 325 g/mol. The van der Waals surface area contributed by atoms with Crippen LogP contribution in [0.25, 0.3) is 0 Å². The van der Waals surface area contributed by atoms with Crippen molar-refractivity contribution in [1.82, 2.24) is 0 Å². The second-order valence-electron chi connectivity index (χ2n) is 3.80. The molecule has 0 amide bonds. The van der Waals surface area contributed by atoms with Gasteiger partial charge < -0.3 is 4.74 Å². The first-order chi connectivity index (χ1) is 8.72. The van der Waals surface area contributed by atoms with E-state index in [0.29, 0.717) is 17.9 Å². The van der Waals surface area contributed by atoms with Gasteiger partial charge in [-0.2, -0.15) is 0 Å². The van der Waals surface area contributed by atoms with Crippen molar-refractivity contribution in [2.45, 2.75) is 13.3 Å². The van der Waals surface area contributed by atoms with Crippen molar-refractivity contribution in [2.75, 3.05) is 6.61 Å². The topological polar surface area (TPSA) is 26.3 Å². The maximum Gasteiger partial charge on any atom is 0.206 e. The average Bonchev–Trinajstić information content (AvgIpc) is 2.90. The summed E-state index contributed by atoms with van der Waals surface area (Å²) in [5.74, 6) is 0.663. The van der Waals surface area contributed by atoms with Gasteiger partial charge in [-0.15, -0.1) is 11.3 Å². The van der Waals surface area contributed by atoms with E-state index in [-0.39, 0.29) is 5.78 Å². The number of carbonyl (C=O) groups excluding carboxylic acids is 1. The summed E-state index contributed by atoms with van der Waals surface area (Å²) in [7, 11) is 0. The van der Waals surface area contributed by atoms with Gasteiger partial charge in [-0.05, 0) is 36.1 Å². The third-order valence-corrected chi connectivity index (χ3v) is 3.75. The Morgan fingerprint density at radius 2 is 2.22 bits per heavy atom. The Kier molecular flexibility index (Phi) is 4.55. The second kappa shape index (κ2) is 6.16. The normalized spacial score (nSPS) is 10.3. The van der Waals surface area contributed by atoms with Crippen molar-refractivity contribution < 1.29 is 9.53 Å². The molecule has 0 radical (unpaired) electrons. The molecule has 0 aliphatic carbocycles. The molecule has 2 nitrogen and oxygen atoms in total. The largest absolute Gasteiger partial charge is 0.493 e. The lowest BCUT2D eigenvalue weighted by Gasteiger charge is -2.10. The van der Waals surface area contributed by atoms with Crippen LogP contribution in [0.3, 0.4) is 0 Å². The van der Waals surface area contributed by atoms with Gasteiger partial charge in [0.05, 0.1) is 17.0 Å². The van der Waals surface area contributed by atoms with Gasteiger partial charge in [0.25, 0.3) is 0 Å². The van der Waals surface area contributed by atoms with Crippen molar-refractivity contribution in [3.63, 3.8) is 0 Å². The number of hydrogen-bond donors (Lipinski definition) is 0. The number of carbonyl (C=O) groups is 1. The predicted molar refractivity (Wildman–Crippen MR) is 77.7 cm³/mol. The lowest BCUT2D eigenvalue weighted by Crippen LogP contribution is -2.05. The number of ether oxygens (including phenoxy) is 1. The monoisotopic (exact) mass is 324 g/mol. The van der Waals surface area contributed by atoms with Gasteiger partial charge in [-0.1, -0.05) is 28.9 Å². The molecular formula is C14H13BrO2S. The summed E-state index contributed by atoms with van der Waals surface area (Å²) in [5.41, 5.74) is 0.611. The quantitative estimate of drug-likeness (QED) is 0.755. The van der Waals surface area contributed by atoms with Crippen molar-refractivity contribution in [2.24, 2.45) is 0 Å². The molecule has 0 atom stereocenters. The van der Waals surface area contributed by atoms with Gasteiger partial charge in [0.15, 0.2) is 0 Å². The van der Waals surface area contributed by atoms with Crippen LogP contribution in [0.4, 0.5) is 0 Å². The highest BCUT2D eigenvalue weighted by molar-refractivity contribution is 9.10. The Labute approximate surface area is 119 Å². The number of thiophene rings is 1. The van der Waals surface area contributed by atoms with Crippen LogP contribution < -0.4 is 4.74 Å². The molecule has 18 heavy (non-hydrogen) atoms. The molecule has 0 unspecified atom stereocenters. The van der Waals surface area contributed by atoms with Crippen LogP contribution in [0, 0.1) is 0 Å². The molecule has 2 rings (SSSR count). The minimum atomic E-state index is 0.0115. The highest BCUT2D eigenvalue weighted by Crippen LogP contribution is 2.27. The van der Waals surface area contributed by atoms with Gasteiger partial charge in [-0.25, -0.2) is 0 Å². The van der Waals surface area contributed by atoms with Crippen LogP contribution >= 0.6 is 27.3 Å². The van der Waals surface area contributed by atoms with Crippen molar-refractivity contribution in [3.8, 4) is 5.75 Å². The molecule has 1 aromatic heterocycles. The molecule has 0 fully saturated rings. The standard InChI is InChI=1S/C14H13BrO2S/c1-2-7-17-12-6-5-10(15)9-11(12)14(16)13-4-3-8-18-13/h3-6,8-9H,2,7H2,1H3. The Morgan fingerprint density at radius 3 is 2.89 bits per heavy atom. The SMILES string of the molecule is CCCOc1ccc(Br)cc1C(=O)c1cccs1. The molecule has 0 saturated carbocycles. The van der Waals surface area contributed by atoms with Crippen molar-refractivity contribution in [3.05, 3.63) is 50.6 Å². The van der Waals surface area contributed by atoms with E-state index in [1.807, 2.05) is 42.6 Å². The Hall–Kier alpha value is -1.13. The highest BCUT2D eigenvalue weighted by atomic mass is 79.9. The minimum absolute atomic E-state index is 0.0115. The summed E-state index contributed by atoms with van der Waals surface area (Å²) in [4.78, 5) is 13.1. The number of benzene rings is 1. The van der Waals surface area contributed by atoms with Gasteiger partial charge in [0, 0.05) is 4.47 Å². The Balaban J connectivity index is 2.35. The van der Waals surface area contributed by atoms with Gasteiger partial charge in [-0.3, -0.25) is 4.79 Å². The summed E-state index contributed by atoms with van der Waals surface area (Å²) in [6, 6.07) is 9.24. The van der Waals surface area contributed by atoms with E-state index in [2.05, 4.69) is 15.9 Å². The van der Waals surface area contributed by atoms with Gasteiger partial charge >= 0.3 is 0 Å². The molecule has 4 heteroatoms. The molecule has 0 aliphatic rings. The zero-order chi connectivity index (χ0) is 13.0. The molecular weight excluding hydrogens is 312 g/mol. The fraction of sp³-hybridized carbons (Fsp3) is 0.214. The highest BCUT2D eigenvalue weighted by Gasteiger charge is 2.16. The zero-order valence-electron chi connectivity index (χ0n) is 9.98. The molecule has 0 bridgehead atoms. The Bertz CT molecular complexity index is 535. The third kappa shape index (κ3) is 3.00. The fourth-order valence-electron chi connectivity index (χ4n) is 1.56. The summed E-state index contributed by atoms with van der Waals surface area (Å²) in [6.07, 6.45) is 0.919. The van der Waals surface area contributed by atoms with Crippen LogP contribution in [-0.4, -0.2) is 12.4 Å². The molecule has 2 aromatic rings. The molecule has 1 aromatic carbocycles. The van der Waals surface area contributed by atoms with Crippen LogP contribution in [0.15, 0.2) is 40.2 Å². The predicted octanol–water partition coefficient (Wildman–Crippen LogP) is 4.53. The van der Waals surface area contributed by atoms with E-state index < -0.39 is 0 Å². The van der Waals surface area contributed by atoms with E-state index in [4.69, 9.17) is 4.74 Å². The minimum Gasteiger partial charge on any atom is -0.493 e. The van der Waals surface area contributed by atoms with Crippen molar-refractivity contribution in [1.29, 1.82) is 0 Å². The number of hydrogen-bond acceptors (Lipinski definition) is 3. The first-order valence-electron chi connectivity index (χ1n) is 5.73. The molecule has 1 heterocycles. The van der Waals surface area contributed by atoms with E-state index in [1.165, 1.54) is 11.3 Å². The van der Waals surface area contributed by atoms with E-state index in [1.54, 1.807) is 0 Å². The molecule has 0 N–H and O–H groups in total. The van der Waals surface area contributed by atoms with Gasteiger partial charge in [0.2, 0.25) is 5.78 Å². The van der Waals surface area contributed by atoms with Crippen LogP contribution in [-0.2, 0) is 0 Å². The summed E-state index contributed by atoms with van der Waals surface area (Å²) in [5, 5.41) is 1.90.